The molecule has 0 saturated carbocycles. The van der Waals surface area contributed by atoms with Crippen LogP contribution < -0.4 is 5.32 Å². The van der Waals surface area contributed by atoms with Gasteiger partial charge in [0.25, 0.3) is 0 Å². The quantitative estimate of drug-likeness (QED) is 0.795. The van der Waals surface area contributed by atoms with Crippen LogP contribution in [0.25, 0.3) is 0 Å². The molecule has 0 aromatic heterocycles. The van der Waals surface area contributed by atoms with Crippen LogP contribution in [0.3, 0.4) is 0 Å². The number of rotatable bonds is 5. The summed E-state index contributed by atoms with van der Waals surface area (Å²) in [5.74, 6) is 1.24. The third-order valence-corrected chi connectivity index (χ3v) is 5.75. The Morgan fingerprint density at radius 2 is 1.74 bits per heavy atom. The van der Waals surface area contributed by atoms with Crippen molar-refractivity contribution in [3.8, 4) is 0 Å². The summed E-state index contributed by atoms with van der Waals surface area (Å²) in [5, 5.41) is 3.16. The fourth-order valence-electron chi connectivity index (χ4n) is 3.96. The normalized spacial score (nSPS) is 23.5. The van der Waals surface area contributed by atoms with Gasteiger partial charge in [-0.05, 0) is 65.0 Å². The van der Waals surface area contributed by atoms with E-state index in [9.17, 15) is 9.59 Å². The Hall–Kier alpha value is -1.30. The molecule has 2 rings (SSSR count). The van der Waals surface area contributed by atoms with Crippen LogP contribution in [0, 0.1) is 17.8 Å². The van der Waals surface area contributed by atoms with E-state index in [1.165, 1.54) is 12.8 Å². The van der Waals surface area contributed by atoms with Gasteiger partial charge < -0.3 is 15.0 Å². The Balaban J connectivity index is 1.81. The SMILES string of the molecule is CC1CCN(C(CNC(=O)C2CCN(C(=O)OC(C)(C)C)C2)C(C)C)CC1. The minimum atomic E-state index is -0.506. The Kier molecular flexibility index (Phi) is 7.55. The first-order valence-corrected chi connectivity index (χ1v) is 10.6. The van der Waals surface area contributed by atoms with Crippen LogP contribution in [-0.4, -0.2) is 66.2 Å². The molecule has 2 heterocycles. The maximum Gasteiger partial charge on any atom is 0.410 e. The van der Waals surface area contributed by atoms with E-state index in [2.05, 4.69) is 31.0 Å². The molecule has 6 heteroatoms. The van der Waals surface area contributed by atoms with E-state index in [4.69, 9.17) is 4.74 Å². The lowest BCUT2D eigenvalue weighted by Gasteiger charge is -2.39. The number of likely N-dealkylation sites (tertiary alicyclic amines) is 2. The van der Waals surface area contributed by atoms with Crippen LogP contribution >= 0.6 is 0 Å². The molecule has 6 nitrogen and oxygen atoms in total. The van der Waals surface area contributed by atoms with Crippen molar-refractivity contribution in [2.75, 3.05) is 32.7 Å². The lowest BCUT2D eigenvalue weighted by Crippen LogP contribution is -2.50. The molecule has 2 atom stereocenters. The number of carbonyl (C=O) groups is 2. The van der Waals surface area contributed by atoms with Crippen molar-refractivity contribution in [1.82, 2.24) is 15.1 Å². The number of hydrogen-bond acceptors (Lipinski definition) is 4. The van der Waals surface area contributed by atoms with Gasteiger partial charge in [-0.1, -0.05) is 20.8 Å². The predicted molar refractivity (Wildman–Crippen MR) is 108 cm³/mol. The van der Waals surface area contributed by atoms with Crippen molar-refractivity contribution >= 4 is 12.0 Å². The number of ether oxygens (including phenoxy) is 1. The smallest absolute Gasteiger partial charge is 0.410 e. The highest BCUT2D eigenvalue weighted by Gasteiger charge is 2.34. The van der Waals surface area contributed by atoms with E-state index in [1.807, 2.05) is 20.8 Å². The van der Waals surface area contributed by atoms with Crippen LogP contribution in [0.15, 0.2) is 0 Å². The highest BCUT2D eigenvalue weighted by molar-refractivity contribution is 5.80. The molecule has 2 aliphatic rings. The zero-order valence-corrected chi connectivity index (χ0v) is 18.1. The maximum absolute atomic E-state index is 12.7. The molecule has 0 spiro atoms. The number of amides is 2. The Morgan fingerprint density at radius 3 is 2.30 bits per heavy atom. The molecule has 2 aliphatic heterocycles. The number of hydrogen-bond donors (Lipinski definition) is 1. The van der Waals surface area contributed by atoms with Crippen molar-refractivity contribution in [1.29, 1.82) is 0 Å². The summed E-state index contributed by atoms with van der Waals surface area (Å²) >= 11 is 0. The van der Waals surface area contributed by atoms with Crippen molar-refractivity contribution in [3.05, 3.63) is 0 Å². The van der Waals surface area contributed by atoms with Gasteiger partial charge in [0.1, 0.15) is 5.60 Å². The van der Waals surface area contributed by atoms with Crippen LogP contribution in [0.5, 0.6) is 0 Å². The first kappa shape index (κ1) is 22.0. The lowest BCUT2D eigenvalue weighted by molar-refractivity contribution is -0.124. The lowest BCUT2D eigenvalue weighted by atomic mass is 9.94. The minimum Gasteiger partial charge on any atom is -0.444 e. The average molecular weight is 382 g/mol. The number of carbonyl (C=O) groups excluding carboxylic acids is 2. The van der Waals surface area contributed by atoms with Crippen molar-refractivity contribution < 1.29 is 14.3 Å². The Bertz CT molecular complexity index is 507. The zero-order chi connectivity index (χ0) is 20.2. The van der Waals surface area contributed by atoms with E-state index in [1.54, 1.807) is 4.90 Å². The summed E-state index contributed by atoms with van der Waals surface area (Å²) in [5.41, 5.74) is -0.506. The molecule has 2 amide bonds. The molecule has 0 aromatic carbocycles. The van der Waals surface area contributed by atoms with Crippen molar-refractivity contribution in [2.45, 2.75) is 72.4 Å². The highest BCUT2D eigenvalue weighted by Crippen LogP contribution is 2.22. The molecule has 0 aromatic rings. The molecule has 0 radical (unpaired) electrons. The second kappa shape index (κ2) is 9.26. The molecule has 2 unspecified atom stereocenters. The van der Waals surface area contributed by atoms with Crippen LogP contribution in [0.1, 0.15) is 60.8 Å². The van der Waals surface area contributed by atoms with E-state index < -0.39 is 5.60 Å². The van der Waals surface area contributed by atoms with Gasteiger partial charge in [-0.25, -0.2) is 4.79 Å². The van der Waals surface area contributed by atoms with Crippen LogP contribution in [0.2, 0.25) is 0 Å². The summed E-state index contributed by atoms with van der Waals surface area (Å²) < 4.78 is 5.42. The summed E-state index contributed by atoms with van der Waals surface area (Å²) in [6, 6.07) is 0.379. The molecule has 1 N–H and O–H groups in total. The third kappa shape index (κ3) is 6.66. The summed E-state index contributed by atoms with van der Waals surface area (Å²) in [6.07, 6.45) is 2.87. The second-order valence-electron chi connectivity index (χ2n) is 9.69. The average Bonchev–Trinajstić information content (AvgIpc) is 3.05. The minimum absolute atomic E-state index is 0.0667. The van der Waals surface area contributed by atoms with E-state index >= 15 is 0 Å². The number of piperidine rings is 1. The zero-order valence-electron chi connectivity index (χ0n) is 18.1. The monoisotopic (exact) mass is 381 g/mol. The van der Waals surface area contributed by atoms with E-state index in [-0.39, 0.29) is 17.9 Å². The first-order chi connectivity index (χ1) is 12.6. The third-order valence-electron chi connectivity index (χ3n) is 5.75. The van der Waals surface area contributed by atoms with Gasteiger partial charge >= 0.3 is 6.09 Å². The van der Waals surface area contributed by atoms with Gasteiger partial charge in [0.2, 0.25) is 5.91 Å². The summed E-state index contributed by atoms with van der Waals surface area (Å²) in [4.78, 5) is 29.0. The van der Waals surface area contributed by atoms with E-state index in [0.29, 0.717) is 38.0 Å². The molecule has 0 aliphatic carbocycles. The maximum atomic E-state index is 12.7. The molecule has 27 heavy (non-hydrogen) atoms. The van der Waals surface area contributed by atoms with Gasteiger partial charge in [-0.15, -0.1) is 0 Å². The Morgan fingerprint density at radius 1 is 1.11 bits per heavy atom. The van der Waals surface area contributed by atoms with Gasteiger partial charge in [0.05, 0.1) is 5.92 Å². The van der Waals surface area contributed by atoms with Crippen LogP contribution in [-0.2, 0) is 9.53 Å². The summed E-state index contributed by atoms with van der Waals surface area (Å²) in [7, 11) is 0. The fraction of sp³-hybridized carbons (Fsp3) is 0.905. The predicted octanol–water partition coefficient (Wildman–Crippen LogP) is 3.12. The largest absolute Gasteiger partial charge is 0.444 e. The van der Waals surface area contributed by atoms with Gasteiger partial charge in [0, 0.05) is 25.7 Å². The highest BCUT2D eigenvalue weighted by atomic mass is 16.6. The van der Waals surface area contributed by atoms with Gasteiger partial charge in [0.15, 0.2) is 0 Å². The molecular weight excluding hydrogens is 342 g/mol. The summed E-state index contributed by atoms with van der Waals surface area (Å²) in [6.45, 7) is 16.3. The first-order valence-electron chi connectivity index (χ1n) is 10.6. The molecule has 2 fully saturated rings. The molecular formula is C21H39N3O3. The van der Waals surface area contributed by atoms with E-state index in [0.717, 1.165) is 19.0 Å². The molecule has 0 bridgehead atoms. The standard InChI is InChI=1S/C21H39N3O3/c1-15(2)18(23-10-7-16(3)8-11-23)13-22-19(25)17-9-12-24(14-17)20(26)27-21(4,5)6/h15-18H,7-14H2,1-6H3,(H,22,25). The van der Waals surface area contributed by atoms with Crippen LogP contribution in [0.4, 0.5) is 4.79 Å². The molecule has 2 saturated heterocycles. The fourth-order valence-corrected chi connectivity index (χ4v) is 3.96. The number of nitrogens with one attached hydrogen (secondary N) is 1. The molecule has 156 valence electrons. The van der Waals surface area contributed by atoms with Gasteiger partial charge in [-0.3, -0.25) is 9.69 Å². The van der Waals surface area contributed by atoms with Crippen molar-refractivity contribution in [2.24, 2.45) is 17.8 Å². The number of nitrogens with zero attached hydrogens (tertiary/aromatic N) is 2. The Labute approximate surface area is 165 Å². The second-order valence-corrected chi connectivity index (χ2v) is 9.69. The van der Waals surface area contributed by atoms with Gasteiger partial charge in [-0.2, -0.15) is 0 Å². The van der Waals surface area contributed by atoms with Crippen molar-refractivity contribution in [3.63, 3.8) is 0 Å². The topological polar surface area (TPSA) is 61.9 Å².